The summed E-state index contributed by atoms with van der Waals surface area (Å²) in [6.07, 6.45) is 3.32. The highest BCUT2D eigenvalue weighted by atomic mass is 35.5. The van der Waals surface area contributed by atoms with Crippen molar-refractivity contribution in [1.29, 1.82) is 0 Å². The number of hydrogen-bond acceptors (Lipinski definition) is 4. The van der Waals surface area contributed by atoms with Gasteiger partial charge in [-0.25, -0.2) is 4.98 Å². The van der Waals surface area contributed by atoms with Crippen LogP contribution in [0.5, 0.6) is 0 Å². The predicted octanol–water partition coefficient (Wildman–Crippen LogP) is 4.53. The zero-order valence-electron chi connectivity index (χ0n) is 18.1. The van der Waals surface area contributed by atoms with Gasteiger partial charge >= 0.3 is 0 Å². The van der Waals surface area contributed by atoms with E-state index in [1.807, 2.05) is 54.7 Å². The maximum atomic E-state index is 13.3. The van der Waals surface area contributed by atoms with E-state index in [-0.39, 0.29) is 34.7 Å². The molecule has 3 heterocycles. The van der Waals surface area contributed by atoms with Crippen LogP contribution in [0.1, 0.15) is 33.2 Å². The van der Waals surface area contributed by atoms with Gasteiger partial charge in [-0.1, -0.05) is 48.0 Å². The number of hydrogen-bond donors (Lipinski definition) is 2. The molecule has 0 saturated heterocycles. The Kier molecular flexibility index (Phi) is 5.26. The Balaban J connectivity index is 1.54. The Morgan fingerprint density at radius 3 is 2.76 bits per heavy atom. The largest absolute Gasteiger partial charge is 0.442 e. The summed E-state index contributed by atoms with van der Waals surface area (Å²) in [5.41, 5.74) is 2.94. The number of H-pyrrole nitrogens is 1. The second kappa shape index (κ2) is 8.26. The number of rotatable bonds is 5. The van der Waals surface area contributed by atoms with Gasteiger partial charge in [-0.2, -0.15) is 0 Å². The molecule has 166 valence electrons. The van der Waals surface area contributed by atoms with Crippen LogP contribution in [0.2, 0.25) is 5.02 Å². The van der Waals surface area contributed by atoms with Crippen LogP contribution in [0.3, 0.4) is 0 Å². The van der Waals surface area contributed by atoms with Gasteiger partial charge in [0.1, 0.15) is 17.5 Å². The average molecular weight is 461 g/mol. The molecule has 0 fully saturated rings. The van der Waals surface area contributed by atoms with E-state index in [2.05, 4.69) is 15.3 Å². The van der Waals surface area contributed by atoms with Crippen molar-refractivity contribution in [1.82, 2.24) is 19.9 Å². The number of amides is 1. The molecule has 33 heavy (non-hydrogen) atoms. The van der Waals surface area contributed by atoms with Crippen LogP contribution in [0.4, 0.5) is 0 Å². The van der Waals surface area contributed by atoms with Crippen molar-refractivity contribution in [3.05, 3.63) is 98.9 Å². The van der Waals surface area contributed by atoms with Gasteiger partial charge < -0.3 is 19.3 Å². The molecular formula is C25H21ClN4O3. The lowest BCUT2D eigenvalue weighted by atomic mass is 9.90. The van der Waals surface area contributed by atoms with E-state index in [0.717, 1.165) is 22.0 Å². The molecule has 0 saturated carbocycles. The van der Waals surface area contributed by atoms with Crippen LogP contribution in [-0.4, -0.2) is 27.0 Å². The molecule has 5 rings (SSSR count). The molecule has 8 heteroatoms. The summed E-state index contributed by atoms with van der Waals surface area (Å²) in [5.74, 6) is -0.258. The minimum Gasteiger partial charge on any atom is -0.442 e. The van der Waals surface area contributed by atoms with Crippen molar-refractivity contribution in [2.24, 2.45) is 7.05 Å². The lowest BCUT2D eigenvalue weighted by Crippen LogP contribution is -2.30. The van der Waals surface area contributed by atoms with Crippen molar-refractivity contribution in [3.8, 4) is 0 Å². The van der Waals surface area contributed by atoms with E-state index in [1.165, 1.54) is 10.9 Å². The van der Waals surface area contributed by atoms with Gasteiger partial charge in [0.25, 0.3) is 11.5 Å². The van der Waals surface area contributed by atoms with Gasteiger partial charge in [-0.05, 0) is 30.2 Å². The SMILES string of the molecule is Cc1oc2ncn(C)c(=O)c2c1C(=O)NCC(c1ccccc1Cl)c1c[nH]c2ccccc12. The number of fused-ring (bicyclic) bond motifs is 2. The zero-order chi connectivity index (χ0) is 23.1. The molecule has 1 atom stereocenters. The van der Waals surface area contributed by atoms with Gasteiger partial charge in [-0.15, -0.1) is 0 Å². The highest BCUT2D eigenvalue weighted by molar-refractivity contribution is 6.31. The van der Waals surface area contributed by atoms with Crippen LogP contribution < -0.4 is 10.9 Å². The number of nitrogens with one attached hydrogen (secondary N) is 2. The third-order valence-electron chi connectivity index (χ3n) is 5.92. The smallest absolute Gasteiger partial charge is 0.265 e. The first-order chi connectivity index (χ1) is 16.0. The number of benzene rings is 2. The number of para-hydroxylation sites is 1. The van der Waals surface area contributed by atoms with E-state index in [9.17, 15) is 9.59 Å². The Morgan fingerprint density at radius 1 is 1.18 bits per heavy atom. The molecule has 2 aromatic carbocycles. The number of furan rings is 1. The van der Waals surface area contributed by atoms with E-state index in [0.29, 0.717) is 10.8 Å². The van der Waals surface area contributed by atoms with Crippen molar-refractivity contribution in [3.63, 3.8) is 0 Å². The fraction of sp³-hybridized carbons (Fsp3) is 0.160. The summed E-state index contributed by atoms with van der Waals surface area (Å²) in [6.45, 7) is 1.93. The average Bonchev–Trinajstić information content (AvgIpc) is 3.39. The fourth-order valence-corrected chi connectivity index (χ4v) is 4.54. The van der Waals surface area contributed by atoms with Gasteiger partial charge in [-0.3, -0.25) is 9.59 Å². The maximum absolute atomic E-state index is 13.3. The molecule has 0 spiro atoms. The lowest BCUT2D eigenvalue weighted by Gasteiger charge is -2.19. The minimum absolute atomic E-state index is 0.153. The second-order valence-corrected chi connectivity index (χ2v) is 8.35. The van der Waals surface area contributed by atoms with Gasteiger partial charge in [0, 0.05) is 41.6 Å². The first-order valence-electron chi connectivity index (χ1n) is 10.5. The van der Waals surface area contributed by atoms with Gasteiger partial charge in [0.2, 0.25) is 5.71 Å². The number of aromatic nitrogens is 3. The Bertz CT molecular complexity index is 1560. The van der Waals surface area contributed by atoms with Crippen LogP contribution >= 0.6 is 11.6 Å². The van der Waals surface area contributed by atoms with Crippen LogP contribution in [0.15, 0.2) is 70.3 Å². The van der Waals surface area contributed by atoms with Crippen LogP contribution in [0.25, 0.3) is 22.0 Å². The summed E-state index contributed by atoms with van der Waals surface area (Å²) >= 11 is 6.55. The third-order valence-corrected chi connectivity index (χ3v) is 6.26. The Labute approximate surface area is 194 Å². The summed E-state index contributed by atoms with van der Waals surface area (Å²) in [7, 11) is 1.59. The number of aromatic amines is 1. The molecule has 2 N–H and O–H groups in total. The van der Waals surface area contributed by atoms with E-state index < -0.39 is 5.91 Å². The molecule has 7 nitrogen and oxygen atoms in total. The van der Waals surface area contributed by atoms with Crippen molar-refractivity contribution >= 4 is 39.5 Å². The maximum Gasteiger partial charge on any atom is 0.265 e. The molecule has 1 amide bonds. The molecule has 0 aliphatic heterocycles. The number of halogens is 1. The molecule has 0 bridgehead atoms. The third kappa shape index (κ3) is 3.60. The second-order valence-electron chi connectivity index (χ2n) is 7.95. The van der Waals surface area contributed by atoms with Crippen LogP contribution in [-0.2, 0) is 7.05 Å². The highest BCUT2D eigenvalue weighted by Gasteiger charge is 2.25. The van der Waals surface area contributed by atoms with E-state index >= 15 is 0 Å². The Hall–Kier alpha value is -3.84. The van der Waals surface area contributed by atoms with Gasteiger partial charge in [0.15, 0.2) is 0 Å². The fourth-order valence-electron chi connectivity index (χ4n) is 4.27. The normalized spacial score (nSPS) is 12.3. The first-order valence-corrected chi connectivity index (χ1v) is 10.9. The van der Waals surface area contributed by atoms with Crippen LogP contribution in [0, 0.1) is 6.92 Å². The van der Waals surface area contributed by atoms with Gasteiger partial charge in [0.05, 0.1) is 5.56 Å². The standard InChI is InChI=1S/C25H21ClN4O3/c1-14-21(22-24(33-14)29-13-30(2)25(22)32)23(31)28-12-17(15-7-3-5-9-19(15)26)18-11-27-20-10-6-4-8-16(18)20/h3-11,13,17,27H,12H2,1-2H3,(H,28,31). The molecule has 0 aliphatic rings. The lowest BCUT2D eigenvalue weighted by molar-refractivity contribution is 0.0952. The van der Waals surface area contributed by atoms with E-state index in [1.54, 1.807) is 14.0 Å². The Morgan fingerprint density at radius 2 is 1.94 bits per heavy atom. The molecular weight excluding hydrogens is 440 g/mol. The van der Waals surface area contributed by atoms with Crippen molar-refractivity contribution < 1.29 is 9.21 Å². The molecule has 5 aromatic rings. The first kappa shape index (κ1) is 21.0. The van der Waals surface area contributed by atoms with Crippen molar-refractivity contribution in [2.45, 2.75) is 12.8 Å². The quantitative estimate of drug-likeness (QED) is 0.403. The monoisotopic (exact) mass is 460 g/mol. The number of nitrogens with zero attached hydrogens (tertiary/aromatic N) is 2. The molecule has 3 aromatic heterocycles. The molecule has 0 radical (unpaired) electrons. The predicted molar refractivity (Wildman–Crippen MR) is 128 cm³/mol. The number of aryl methyl sites for hydroxylation is 2. The summed E-state index contributed by atoms with van der Waals surface area (Å²) in [4.78, 5) is 33.4. The minimum atomic E-state index is -0.395. The van der Waals surface area contributed by atoms with E-state index in [4.69, 9.17) is 16.0 Å². The summed E-state index contributed by atoms with van der Waals surface area (Å²) in [6, 6.07) is 15.6. The summed E-state index contributed by atoms with van der Waals surface area (Å²) < 4.78 is 6.91. The number of carbonyl (C=O) groups excluding carboxylic acids is 1. The topological polar surface area (TPSA) is 92.9 Å². The number of carbonyl (C=O) groups is 1. The molecule has 0 aliphatic carbocycles. The summed E-state index contributed by atoms with van der Waals surface area (Å²) in [5, 5.41) is 4.84. The van der Waals surface area contributed by atoms with Crippen molar-refractivity contribution in [2.75, 3.05) is 6.54 Å². The highest BCUT2D eigenvalue weighted by Crippen LogP contribution is 2.34. The molecule has 1 unspecified atom stereocenters. The zero-order valence-corrected chi connectivity index (χ0v) is 18.8.